The Morgan fingerprint density at radius 3 is 2.19 bits per heavy atom. The van der Waals surface area contributed by atoms with E-state index in [9.17, 15) is 0 Å². The lowest BCUT2D eigenvalue weighted by Crippen LogP contribution is -2.44. The molecule has 32 heavy (non-hydrogen) atoms. The Kier molecular flexibility index (Phi) is 7.30. The quantitative estimate of drug-likeness (QED) is 0.449. The van der Waals surface area contributed by atoms with Crippen LogP contribution in [0.3, 0.4) is 0 Å². The Morgan fingerprint density at radius 2 is 1.59 bits per heavy atom. The highest BCUT2D eigenvalue weighted by molar-refractivity contribution is 5.42. The van der Waals surface area contributed by atoms with Gasteiger partial charge in [-0.05, 0) is 24.0 Å². The second-order valence-corrected chi connectivity index (χ2v) is 8.03. The van der Waals surface area contributed by atoms with Crippen molar-refractivity contribution in [1.82, 2.24) is 20.3 Å². The van der Waals surface area contributed by atoms with Crippen molar-refractivity contribution in [3.63, 3.8) is 0 Å². The molecule has 2 heterocycles. The van der Waals surface area contributed by atoms with E-state index in [1.54, 1.807) is 6.08 Å². The summed E-state index contributed by atoms with van der Waals surface area (Å²) in [5.74, 6) is 1.68. The van der Waals surface area contributed by atoms with Gasteiger partial charge in [0, 0.05) is 38.1 Å². The number of nitrogens with one attached hydrogen (secondary N) is 2. The largest absolute Gasteiger partial charge is 0.368 e. The SMILES string of the molecule is C=CCNc1nc(N)nc(N2CCC(NCC(c3ccccc3)c3ccccc3)CC2)n1. The van der Waals surface area contributed by atoms with E-state index in [4.69, 9.17) is 5.73 Å². The Labute approximate surface area is 189 Å². The molecule has 166 valence electrons. The molecule has 2 aromatic carbocycles. The van der Waals surface area contributed by atoms with E-state index in [1.807, 2.05) is 0 Å². The molecule has 0 spiro atoms. The minimum atomic E-state index is 0.232. The summed E-state index contributed by atoms with van der Waals surface area (Å²) in [5, 5.41) is 6.90. The van der Waals surface area contributed by atoms with Gasteiger partial charge in [-0.3, -0.25) is 0 Å². The first-order chi connectivity index (χ1) is 15.7. The number of nitrogens with zero attached hydrogens (tertiary/aromatic N) is 4. The van der Waals surface area contributed by atoms with Crippen LogP contribution in [0.5, 0.6) is 0 Å². The molecule has 0 radical (unpaired) electrons. The van der Waals surface area contributed by atoms with Gasteiger partial charge < -0.3 is 21.3 Å². The second-order valence-electron chi connectivity index (χ2n) is 8.03. The van der Waals surface area contributed by atoms with E-state index in [0.29, 0.717) is 30.4 Å². The Bertz CT molecular complexity index is 946. The molecule has 0 amide bonds. The molecule has 0 unspecified atom stereocenters. The van der Waals surface area contributed by atoms with Gasteiger partial charge in [-0.1, -0.05) is 66.7 Å². The van der Waals surface area contributed by atoms with Crippen molar-refractivity contribution < 1.29 is 0 Å². The van der Waals surface area contributed by atoms with E-state index < -0.39 is 0 Å². The summed E-state index contributed by atoms with van der Waals surface area (Å²) in [4.78, 5) is 15.2. The Morgan fingerprint density at radius 1 is 0.969 bits per heavy atom. The van der Waals surface area contributed by atoms with Crippen LogP contribution in [0, 0.1) is 0 Å². The number of anilines is 3. The topological polar surface area (TPSA) is 92.0 Å². The summed E-state index contributed by atoms with van der Waals surface area (Å²) in [5.41, 5.74) is 8.56. The average molecular weight is 430 g/mol. The molecular formula is C25H31N7. The fraction of sp³-hybridized carbons (Fsp3) is 0.320. The van der Waals surface area contributed by atoms with Crippen LogP contribution in [0.2, 0.25) is 0 Å². The van der Waals surface area contributed by atoms with E-state index in [2.05, 4.69) is 97.7 Å². The van der Waals surface area contributed by atoms with Gasteiger partial charge in [-0.2, -0.15) is 15.0 Å². The molecule has 3 aromatic rings. The lowest BCUT2D eigenvalue weighted by molar-refractivity contribution is 0.407. The van der Waals surface area contributed by atoms with Crippen molar-refractivity contribution in [1.29, 1.82) is 0 Å². The van der Waals surface area contributed by atoms with Crippen LogP contribution in [-0.2, 0) is 0 Å². The van der Waals surface area contributed by atoms with Gasteiger partial charge in [0.05, 0.1) is 0 Å². The Hall–Kier alpha value is -3.45. The third-order valence-electron chi connectivity index (χ3n) is 5.84. The van der Waals surface area contributed by atoms with Crippen LogP contribution in [0.25, 0.3) is 0 Å². The molecule has 1 aromatic heterocycles. The molecule has 1 saturated heterocycles. The molecule has 1 aliphatic rings. The molecule has 7 nitrogen and oxygen atoms in total. The number of nitrogens with two attached hydrogens (primary N) is 1. The van der Waals surface area contributed by atoms with E-state index >= 15 is 0 Å². The standard InChI is InChI=1S/C25H31N7/c1-2-15-27-24-29-23(26)30-25(31-24)32-16-13-21(14-17-32)28-18-22(19-9-5-3-6-10-19)20-11-7-4-8-12-20/h2-12,21-22,28H,1,13-18H2,(H3,26,27,29,30,31). The highest BCUT2D eigenvalue weighted by Gasteiger charge is 2.23. The van der Waals surface area contributed by atoms with Gasteiger partial charge in [0.1, 0.15) is 0 Å². The summed E-state index contributed by atoms with van der Waals surface area (Å²) in [7, 11) is 0. The van der Waals surface area contributed by atoms with Crippen molar-refractivity contribution in [3.05, 3.63) is 84.4 Å². The molecule has 0 atom stereocenters. The van der Waals surface area contributed by atoms with Crippen molar-refractivity contribution in [2.45, 2.75) is 24.8 Å². The minimum absolute atomic E-state index is 0.232. The van der Waals surface area contributed by atoms with E-state index in [1.165, 1.54) is 11.1 Å². The molecule has 7 heteroatoms. The van der Waals surface area contributed by atoms with Gasteiger partial charge in [-0.15, -0.1) is 6.58 Å². The molecule has 4 N–H and O–H groups in total. The molecule has 0 bridgehead atoms. The number of hydrogen-bond acceptors (Lipinski definition) is 7. The number of benzene rings is 2. The van der Waals surface area contributed by atoms with Crippen LogP contribution in [-0.4, -0.2) is 47.2 Å². The maximum atomic E-state index is 5.89. The zero-order chi connectivity index (χ0) is 22.2. The minimum Gasteiger partial charge on any atom is -0.368 e. The van der Waals surface area contributed by atoms with Gasteiger partial charge >= 0.3 is 0 Å². The fourth-order valence-electron chi connectivity index (χ4n) is 4.13. The summed E-state index contributed by atoms with van der Waals surface area (Å²) in [6.07, 6.45) is 3.81. The van der Waals surface area contributed by atoms with Crippen molar-refractivity contribution in [2.24, 2.45) is 0 Å². The van der Waals surface area contributed by atoms with Gasteiger partial charge in [0.15, 0.2) is 0 Å². The lowest BCUT2D eigenvalue weighted by Gasteiger charge is -2.33. The second kappa shape index (κ2) is 10.7. The van der Waals surface area contributed by atoms with Gasteiger partial charge in [0.25, 0.3) is 0 Å². The van der Waals surface area contributed by atoms with Crippen LogP contribution in [0.1, 0.15) is 29.9 Å². The first-order valence-corrected chi connectivity index (χ1v) is 11.2. The zero-order valence-electron chi connectivity index (χ0n) is 18.3. The van der Waals surface area contributed by atoms with Gasteiger partial charge in [0.2, 0.25) is 17.8 Å². The monoisotopic (exact) mass is 429 g/mol. The van der Waals surface area contributed by atoms with Gasteiger partial charge in [-0.25, -0.2) is 0 Å². The Balaban J connectivity index is 1.36. The van der Waals surface area contributed by atoms with E-state index in [-0.39, 0.29) is 5.95 Å². The maximum Gasteiger partial charge on any atom is 0.231 e. The molecule has 1 fully saturated rings. The summed E-state index contributed by atoms with van der Waals surface area (Å²) < 4.78 is 0. The summed E-state index contributed by atoms with van der Waals surface area (Å²) in [6.45, 7) is 6.95. The zero-order valence-corrected chi connectivity index (χ0v) is 18.3. The highest BCUT2D eigenvalue weighted by atomic mass is 15.3. The van der Waals surface area contributed by atoms with E-state index in [0.717, 1.165) is 32.5 Å². The number of aromatic nitrogens is 3. The number of piperidine rings is 1. The smallest absolute Gasteiger partial charge is 0.231 e. The third-order valence-corrected chi connectivity index (χ3v) is 5.84. The van der Waals surface area contributed by atoms with Crippen molar-refractivity contribution in [3.8, 4) is 0 Å². The average Bonchev–Trinajstić information content (AvgIpc) is 2.84. The first kappa shape index (κ1) is 21.8. The number of hydrogen-bond donors (Lipinski definition) is 3. The molecule has 1 aliphatic heterocycles. The first-order valence-electron chi connectivity index (χ1n) is 11.2. The predicted octanol–water partition coefficient (Wildman–Crippen LogP) is 3.44. The van der Waals surface area contributed by atoms with Crippen LogP contribution < -0.4 is 21.3 Å². The molecular weight excluding hydrogens is 398 g/mol. The number of rotatable bonds is 9. The highest BCUT2D eigenvalue weighted by Crippen LogP contribution is 2.25. The lowest BCUT2D eigenvalue weighted by atomic mass is 9.90. The maximum absolute atomic E-state index is 5.89. The fourth-order valence-corrected chi connectivity index (χ4v) is 4.13. The third kappa shape index (κ3) is 5.62. The predicted molar refractivity (Wildman–Crippen MR) is 131 cm³/mol. The number of nitrogen functional groups attached to an aromatic ring is 1. The van der Waals surface area contributed by atoms with Crippen LogP contribution in [0.4, 0.5) is 17.8 Å². The molecule has 0 aliphatic carbocycles. The van der Waals surface area contributed by atoms with Crippen LogP contribution in [0.15, 0.2) is 73.3 Å². The molecule has 0 saturated carbocycles. The normalized spacial score (nSPS) is 14.5. The molecule has 4 rings (SSSR count). The van der Waals surface area contributed by atoms with Crippen molar-refractivity contribution >= 4 is 17.8 Å². The van der Waals surface area contributed by atoms with Crippen LogP contribution >= 0.6 is 0 Å². The van der Waals surface area contributed by atoms with Crippen molar-refractivity contribution in [2.75, 3.05) is 42.1 Å². The summed E-state index contributed by atoms with van der Waals surface area (Å²) in [6, 6.07) is 21.9. The summed E-state index contributed by atoms with van der Waals surface area (Å²) >= 11 is 0.